The van der Waals surface area contributed by atoms with Crippen molar-refractivity contribution >= 4 is 18.3 Å². The first-order valence-corrected chi connectivity index (χ1v) is 6.36. The minimum Gasteiger partial charge on any atom is -0.383 e. The summed E-state index contributed by atoms with van der Waals surface area (Å²) in [6.45, 7) is 0.740. The third-order valence-electron chi connectivity index (χ3n) is 3.59. The Morgan fingerprint density at radius 3 is 2.55 bits per heavy atom. The third kappa shape index (κ3) is 3.91. The summed E-state index contributed by atoms with van der Waals surface area (Å²) in [4.78, 5) is 11.7. The minimum atomic E-state index is -0.644. The van der Waals surface area contributed by atoms with Gasteiger partial charge in [0, 0.05) is 19.1 Å². The summed E-state index contributed by atoms with van der Waals surface area (Å²) in [5.74, 6) is -0.457. The van der Waals surface area contributed by atoms with Crippen molar-refractivity contribution in [3.8, 4) is 0 Å². The molecule has 1 aromatic rings. The predicted molar refractivity (Wildman–Crippen MR) is 77.4 cm³/mol. The molecule has 1 aromatic carbocycles. The normalized spacial score (nSPS) is 16.9. The van der Waals surface area contributed by atoms with Gasteiger partial charge in [-0.05, 0) is 30.5 Å². The lowest BCUT2D eigenvalue weighted by Gasteiger charge is -2.18. The number of benzene rings is 1. The van der Waals surface area contributed by atoms with Gasteiger partial charge in [-0.3, -0.25) is 4.79 Å². The second-order valence-electron chi connectivity index (χ2n) is 5.07. The van der Waals surface area contributed by atoms with E-state index in [9.17, 15) is 9.18 Å². The van der Waals surface area contributed by atoms with Crippen LogP contribution in [0.1, 0.15) is 18.4 Å². The Hall–Kier alpha value is -1.17. The Balaban J connectivity index is 0.00000200. The van der Waals surface area contributed by atoms with E-state index in [1.165, 1.54) is 19.2 Å². The van der Waals surface area contributed by atoms with Gasteiger partial charge >= 0.3 is 0 Å². The highest BCUT2D eigenvalue weighted by atomic mass is 35.5. The lowest BCUT2D eigenvalue weighted by Crippen LogP contribution is -2.45. The number of rotatable bonds is 6. The van der Waals surface area contributed by atoms with Gasteiger partial charge in [0.1, 0.15) is 11.9 Å². The van der Waals surface area contributed by atoms with Crippen molar-refractivity contribution in [2.45, 2.75) is 24.3 Å². The van der Waals surface area contributed by atoms with Crippen LogP contribution in [0.25, 0.3) is 0 Å². The Kier molecular flexibility index (Phi) is 5.92. The van der Waals surface area contributed by atoms with E-state index in [-0.39, 0.29) is 36.2 Å². The second-order valence-corrected chi connectivity index (χ2v) is 5.07. The summed E-state index contributed by atoms with van der Waals surface area (Å²) in [6.07, 6.45) is 2.00. The molecule has 0 heterocycles. The standard InChI is InChI=1S/C14H19FN2O2.ClH/c1-19-8-12(16)13(18)17-9-14(6-7-14)10-2-4-11(15)5-3-10;/h2-5,12H,6-9,16H2,1H3,(H,17,18);1H. The SMILES string of the molecule is COCC(N)C(=O)NCC1(c2ccc(F)cc2)CC1.Cl. The van der Waals surface area contributed by atoms with Gasteiger partial charge in [-0.15, -0.1) is 12.4 Å². The van der Waals surface area contributed by atoms with Crippen molar-refractivity contribution in [3.05, 3.63) is 35.6 Å². The number of amides is 1. The monoisotopic (exact) mass is 302 g/mol. The van der Waals surface area contributed by atoms with Crippen LogP contribution in [0.4, 0.5) is 4.39 Å². The van der Waals surface area contributed by atoms with E-state index < -0.39 is 6.04 Å². The van der Waals surface area contributed by atoms with Gasteiger partial charge in [-0.25, -0.2) is 4.39 Å². The number of halogens is 2. The van der Waals surface area contributed by atoms with E-state index in [0.29, 0.717) is 6.54 Å². The van der Waals surface area contributed by atoms with Gasteiger partial charge in [0.25, 0.3) is 0 Å². The molecule has 0 bridgehead atoms. The molecule has 0 saturated heterocycles. The highest BCUT2D eigenvalue weighted by molar-refractivity contribution is 5.85. The smallest absolute Gasteiger partial charge is 0.239 e. The van der Waals surface area contributed by atoms with Crippen molar-refractivity contribution in [2.75, 3.05) is 20.3 Å². The first-order chi connectivity index (χ1) is 9.07. The maximum atomic E-state index is 12.9. The zero-order chi connectivity index (χ0) is 13.9. The average molecular weight is 303 g/mol. The van der Waals surface area contributed by atoms with Gasteiger partial charge in [-0.1, -0.05) is 12.1 Å². The largest absolute Gasteiger partial charge is 0.383 e. The maximum Gasteiger partial charge on any atom is 0.239 e. The Morgan fingerprint density at radius 1 is 1.45 bits per heavy atom. The van der Waals surface area contributed by atoms with Crippen LogP contribution in [-0.4, -0.2) is 32.2 Å². The predicted octanol–water partition coefficient (Wildman–Crippen LogP) is 1.37. The number of hydrogen-bond acceptors (Lipinski definition) is 3. The van der Waals surface area contributed by atoms with Crippen LogP contribution >= 0.6 is 12.4 Å². The zero-order valence-corrected chi connectivity index (χ0v) is 12.2. The zero-order valence-electron chi connectivity index (χ0n) is 11.4. The number of hydrogen-bond donors (Lipinski definition) is 2. The molecule has 0 spiro atoms. The molecule has 20 heavy (non-hydrogen) atoms. The van der Waals surface area contributed by atoms with Crippen LogP contribution in [0.2, 0.25) is 0 Å². The summed E-state index contributed by atoms with van der Waals surface area (Å²) in [6, 6.07) is 5.82. The number of carbonyl (C=O) groups excluding carboxylic acids is 1. The maximum absolute atomic E-state index is 12.9. The molecule has 1 aliphatic rings. The van der Waals surface area contributed by atoms with E-state index in [1.807, 2.05) is 0 Å². The summed E-state index contributed by atoms with van der Waals surface area (Å²) in [7, 11) is 1.51. The van der Waals surface area contributed by atoms with Crippen LogP contribution in [0.15, 0.2) is 24.3 Å². The number of nitrogens with two attached hydrogens (primary N) is 1. The number of nitrogens with one attached hydrogen (secondary N) is 1. The highest BCUT2D eigenvalue weighted by Gasteiger charge is 2.44. The van der Waals surface area contributed by atoms with Crippen LogP contribution in [0.3, 0.4) is 0 Å². The molecular weight excluding hydrogens is 283 g/mol. The molecule has 3 N–H and O–H groups in total. The summed E-state index contributed by atoms with van der Waals surface area (Å²) >= 11 is 0. The molecule has 6 heteroatoms. The number of ether oxygens (including phenoxy) is 1. The Morgan fingerprint density at radius 2 is 2.05 bits per heavy atom. The van der Waals surface area contributed by atoms with Crippen molar-refractivity contribution < 1.29 is 13.9 Å². The molecule has 1 saturated carbocycles. The van der Waals surface area contributed by atoms with Crippen molar-refractivity contribution in [1.29, 1.82) is 0 Å². The third-order valence-corrected chi connectivity index (χ3v) is 3.59. The molecule has 0 aliphatic heterocycles. The number of carbonyl (C=O) groups is 1. The van der Waals surface area contributed by atoms with Gasteiger partial charge in [0.05, 0.1) is 6.61 Å². The van der Waals surface area contributed by atoms with E-state index in [0.717, 1.165) is 18.4 Å². The van der Waals surface area contributed by atoms with Gasteiger partial charge in [0.2, 0.25) is 5.91 Å². The molecule has 1 fully saturated rings. The molecular formula is C14H20ClFN2O2. The van der Waals surface area contributed by atoms with Gasteiger partial charge in [0.15, 0.2) is 0 Å². The van der Waals surface area contributed by atoms with Crippen LogP contribution in [0, 0.1) is 5.82 Å². The number of methoxy groups -OCH3 is 1. The van der Waals surface area contributed by atoms with E-state index in [2.05, 4.69) is 5.32 Å². The van der Waals surface area contributed by atoms with Crippen molar-refractivity contribution in [1.82, 2.24) is 5.32 Å². The molecule has 1 amide bonds. The van der Waals surface area contributed by atoms with Gasteiger partial charge < -0.3 is 15.8 Å². The lowest BCUT2D eigenvalue weighted by molar-refractivity contribution is -0.123. The lowest BCUT2D eigenvalue weighted by atomic mass is 9.96. The van der Waals surface area contributed by atoms with Crippen LogP contribution in [-0.2, 0) is 14.9 Å². The fraction of sp³-hybridized carbons (Fsp3) is 0.500. The quantitative estimate of drug-likeness (QED) is 0.834. The first-order valence-electron chi connectivity index (χ1n) is 6.36. The minimum absolute atomic E-state index is 0. The molecule has 112 valence electrons. The molecule has 1 aliphatic carbocycles. The summed E-state index contributed by atoms with van der Waals surface area (Å²) < 4.78 is 17.7. The van der Waals surface area contributed by atoms with Crippen molar-refractivity contribution in [3.63, 3.8) is 0 Å². The summed E-state index contributed by atoms with van der Waals surface area (Å²) in [5, 5.41) is 2.85. The molecule has 4 nitrogen and oxygen atoms in total. The molecule has 1 atom stereocenters. The van der Waals surface area contributed by atoms with E-state index in [4.69, 9.17) is 10.5 Å². The van der Waals surface area contributed by atoms with Crippen LogP contribution < -0.4 is 11.1 Å². The highest BCUT2D eigenvalue weighted by Crippen LogP contribution is 2.47. The Labute approximate surface area is 124 Å². The van der Waals surface area contributed by atoms with E-state index >= 15 is 0 Å². The fourth-order valence-electron chi connectivity index (χ4n) is 2.16. The van der Waals surface area contributed by atoms with Gasteiger partial charge in [-0.2, -0.15) is 0 Å². The molecule has 2 rings (SSSR count). The van der Waals surface area contributed by atoms with Crippen LogP contribution in [0.5, 0.6) is 0 Å². The second kappa shape index (κ2) is 7.02. The Bertz CT molecular complexity index is 449. The first kappa shape index (κ1) is 16.9. The van der Waals surface area contributed by atoms with E-state index in [1.54, 1.807) is 12.1 Å². The average Bonchev–Trinajstić information content (AvgIpc) is 3.18. The van der Waals surface area contributed by atoms with Crippen molar-refractivity contribution in [2.24, 2.45) is 5.73 Å². The summed E-state index contributed by atoms with van der Waals surface area (Å²) in [5.41, 5.74) is 6.67. The molecule has 0 radical (unpaired) electrons. The fourth-order valence-corrected chi connectivity index (χ4v) is 2.16. The topological polar surface area (TPSA) is 64.3 Å². The molecule has 0 aromatic heterocycles. The molecule has 1 unspecified atom stereocenters.